The number of carbonyl (C=O) groups excluding carboxylic acids is 2. The second kappa shape index (κ2) is 9.69. The van der Waals surface area contributed by atoms with Crippen molar-refractivity contribution < 1.29 is 27.8 Å². The summed E-state index contributed by atoms with van der Waals surface area (Å²) in [6.45, 7) is 0.435. The lowest BCUT2D eigenvalue weighted by atomic mass is 9.73. The molecule has 35 heavy (non-hydrogen) atoms. The van der Waals surface area contributed by atoms with Crippen molar-refractivity contribution in [1.29, 1.82) is 0 Å². The molecular formula is C24H25F2N5O4. The molecule has 2 atom stereocenters. The lowest BCUT2D eigenvalue weighted by Gasteiger charge is -2.51. The number of benzene rings is 1. The van der Waals surface area contributed by atoms with Crippen LogP contribution < -0.4 is 10.2 Å². The zero-order valence-corrected chi connectivity index (χ0v) is 19.5. The van der Waals surface area contributed by atoms with Crippen LogP contribution in [0.2, 0.25) is 0 Å². The number of methoxy groups -OCH3 is 2. The van der Waals surface area contributed by atoms with Crippen LogP contribution in [0.15, 0.2) is 49.1 Å². The predicted octanol–water partition coefficient (Wildman–Crippen LogP) is 3.47. The third-order valence-electron chi connectivity index (χ3n) is 6.25. The van der Waals surface area contributed by atoms with Gasteiger partial charge >= 0.3 is 12.1 Å². The van der Waals surface area contributed by atoms with Gasteiger partial charge in [0.2, 0.25) is 0 Å². The smallest absolute Gasteiger partial charge is 0.407 e. The third-order valence-corrected chi connectivity index (χ3v) is 6.25. The fourth-order valence-electron chi connectivity index (χ4n) is 4.75. The first-order chi connectivity index (χ1) is 16.8. The highest BCUT2D eigenvalue weighted by Crippen LogP contribution is 2.48. The Hall–Kier alpha value is -4.02. The summed E-state index contributed by atoms with van der Waals surface area (Å²) >= 11 is 0. The number of ether oxygens (including phenoxy) is 2. The number of aromatic nitrogens is 3. The van der Waals surface area contributed by atoms with Gasteiger partial charge in [-0.25, -0.2) is 18.4 Å². The van der Waals surface area contributed by atoms with Gasteiger partial charge in [0.05, 0.1) is 49.4 Å². The van der Waals surface area contributed by atoms with Crippen LogP contribution in [0.3, 0.4) is 0 Å². The largest absolute Gasteiger partial charge is 0.465 e. The van der Waals surface area contributed by atoms with E-state index in [2.05, 4.69) is 15.4 Å². The Morgan fingerprint density at radius 2 is 1.94 bits per heavy atom. The Labute approximate surface area is 200 Å². The highest BCUT2D eigenvalue weighted by molar-refractivity contribution is 5.95. The van der Waals surface area contributed by atoms with Gasteiger partial charge in [0, 0.05) is 31.5 Å². The van der Waals surface area contributed by atoms with E-state index < -0.39 is 35.3 Å². The molecule has 11 heteroatoms. The average molecular weight is 485 g/mol. The molecule has 2 unspecified atom stereocenters. The van der Waals surface area contributed by atoms with E-state index in [4.69, 9.17) is 9.47 Å². The molecule has 9 nitrogen and oxygen atoms in total. The molecule has 1 fully saturated rings. The predicted molar refractivity (Wildman–Crippen MR) is 122 cm³/mol. The van der Waals surface area contributed by atoms with Gasteiger partial charge in [-0.15, -0.1) is 0 Å². The number of piperidine rings is 1. The molecule has 4 rings (SSSR count). The van der Waals surface area contributed by atoms with Gasteiger partial charge in [-0.05, 0) is 36.6 Å². The lowest BCUT2D eigenvalue weighted by Crippen LogP contribution is -2.58. The number of esters is 1. The summed E-state index contributed by atoms with van der Waals surface area (Å²) < 4.78 is 39.9. The molecule has 0 bridgehead atoms. The molecule has 1 N–H and O–H groups in total. The van der Waals surface area contributed by atoms with Crippen LogP contribution in [0.4, 0.5) is 19.3 Å². The number of amides is 1. The SMILES string of the molecule is COC(=O)NC1(c2cnn(C)c2)CCCN(c2cnccc2C(=O)OC)C1c1ccc(F)c(F)c1. The maximum Gasteiger partial charge on any atom is 0.407 e. The fraction of sp³-hybridized carbons (Fsp3) is 0.333. The number of anilines is 1. The normalized spacial score (nSPS) is 19.8. The molecule has 1 saturated heterocycles. The van der Waals surface area contributed by atoms with Crippen molar-refractivity contribution in [3.63, 3.8) is 0 Å². The molecule has 0 radical (unpaired) electrons. The summed E-state index contributed by atoms with van der Waals surface area (Å²) in [4.78, 5) is 31.2. The van der Waals surface area contributed by atoms with Crippen LogP contribution in [0.25, 0.3) is 0 Å². The van der Waals surface area contributed by atoms with E-state index in [1.165, 1.54) is 38.7 Å². The topological polar surface area (TPSA) is 98.6 Å². The molecule has 0 aliphatic carbocycles. The van der Waals surface area contributed by atoms with Crippen molar-refractivity contribution in [2.75, 3.05) is 25.7 Å². The van der Waals surface area contributed by atoms with Gasteiger partial charge in [0.1, 0.15) is 0 Å². The van der Waals surface area contributed by atoms with Crippen LogP contribution in [-0.4, -0.2) is 47.6 Å². The minimum atomic E-state index is -1.17. The maximum atomic E-state index is 14.5. The maximum absolute atomic E-state index is 14.5. The van der Waals surface area contributed by atoms with Crippen LogP contribution in [0.5, 0.6) is 0 Å². The summed E-state index contributed by atoms with van der Waals surface area (Å²) in [6, 6.07) is 4.32. The number of aryl methyl sites for hydroxylation is 1. The number of alkyl carbamates (subject to hydrolysis) is 1. The van der Waals surface area contributed by atoms with Crippen molar-refractivity contribution in [3.05, 3.63) is 77.4 Å². The highest BCUT2D eigenvalue weighted by Gasteiger charge is 2.50. The minimum absolute atomic E-state index is 0.245. The summed E-state index contributed by atoms with van der Waals surface area (Å²) in [5.41, 5.74) is 0.508. The standard InChI is InChI=1S/C24H25F2N5O4/c1-30-14-16(12-28-30)24(29-23(33)35-3)8-4-10-31(20-13-27-9-7-17(20)22(32)34-2)21(24)15-5-6-18(25)19(26)11-15/h5-7,9,11-14,21H,4,8,10H2,1-3H3,(H,29,33). The number of rotatable bonds is 5. The van der Waals surface area contributed by atoms with Gasteiger partial charge in [-0.2, -0.15) is 5.10 Å². The fourth-order valence-corrected chi connectivity index (χ4v) is 4.75. The van der Waals surface area contributed by atoms with Gasteiger partial charge in [-0.1, -0.05) is 6.07 Å². The highest BCUT2D eigenvalue weighted by atomic mass is 19.2. The van der Waals surface area contributed by atoms with Gasteiger partial charge in [-0.3, -0.25) is 9.67 Å². The Kier molecular flexibility index (Phi) is 6.68. The monoisotopic (exact) mass is 485 g/mol. The molecular weight excluding hydrogens is 460 g/mol. The molecule has 1 aliphatic rings. The van der Waals surface area contributed by atoms with Crippen molar-refractivity contribution in [3.8, 4) is 0 Å². The van der Waals surface area contributed by atoms with E-state index in [1.807, 2.05) is 4.90 Å². The number of pyridine rings is 1. The summed E-state index contributed by atoms with van der Waals surface area (Å²) in [6.07, 6.45) is 6.64. The van der Waals surface area contributed by atoms with Crippen molar-refractivity contribution in [2.24, 2.45) is 7.05 Å². The second-order valence-electron chi connectivity index (χ2n) is 8.25. The number of nitrogens with one attached hydrogen (secondary N) is 1. The van der Waals surface area contributed by atoms with E-state index in [9.17, 15) is 18.4 Å². The first kappa shape index (κ1) is 24.1. The van der Waals surface area contributed by atoms with E-state index >= 15 is 0 Å². The molecule has 0 spiro atoms. The Bertz CT molecular complexity index is 1250. The Morgan fingerprint density at radius 1 is 1.14 bits per heavy atom. The van der Waals surface area contributed by atoms with Crippen LogP contribution in [0, 0.1) is 11.6 Å². The molecule has 0 saturated carbocycles. The summed E-state index contributed by atoms with van der Waals surface area (Å²) in [5.74, 6) is -2.61. The van der Waals surface area contributed by atoms with Crippen molar-refractivity contribution in [1.82, 2.24) is 20.1 Å². The number of carbonyl (C=O) groups is 2. The number of nitrogens with zero attached hydrogens (tertiary/aromatic N) is 4. The minimum Gasteiger partial charge on any atom is -0.465 e. The zero-order chi connectivity index (χ0) is 25.2. The van der Waals surface area contributed by atoms with Crippen molar-refractivity contribution >= 4 is 17.7 Å². The quantitative estimate of drug-likeness (QED) is 0.553. The van der Waals surface area contributed by atoms with E-state index in [1.54, 1.807) is 24.1 Å². The lowest BCUT2D eigenvalue weighted by molar-refractivity contribution is 0.0600. The number of halogens is 2. The third kappa shape index (κ3) is 4.41. The first-order valence-corrected chi connectivity index (χ1v) is 10.9. The van der Waals surface area contributed by atoms with Gasteiger partial charge in [0.15, 0.2) is 11.6 Å². The Morgan fingerprint density at radius 3 is 2.60 bits per heavy atom. The Balaban J connectivity index is 1.99. The van der Waals surface area contributed by atoms with Gasteiger partial charge in [0.25, 0.3) is 0 Å². The van der Waals surface area contributed by atoms with E-state index in [-0.39, 0.29) is 5.56 Å². The van der Waals surface area contributed by atoms with Gasteiger partial charge < -0.3 is 19.7 Å². The summed E-state index contributed by atoms with van der Waals surface area (Å²) in [7, 11) is 4.25. The molecule has 3 heterocycles. The molecule has 3 aromatic rings. The zero-order valence-electron chi connectivity index (χ0n) is 19.5. The van der Waals surface area contributed by atoms with E-state index in [0.717, 1.165) is 12.1 Å². The summed E-state index contributed by atoms with van der Waals surface area (Å²) in [5, 5.41) is 7.22. The average Bonchev–Trinajstić information content (AvgIpc) is 3.32. The molecule has 1 aliphatic heterocycles. The number of hydrogen-bond acceptors (Lipinski definition) is 7. The van der Waals surface area contributed by atoms with Crippen LogP contribution >= 0.6 is 0 Å². The van der Waals surface area contributed by atoms with Crippen molar-refractivity contribution in [2.45, 2.75) is 24.4 Å². The first-order valence-electron chi connectivity index (χ1n) is 10.9. The van der Waals surface area contributed by atoms with E-state index in [0.29, 0.717) is 36.2 Å². The molecule has 184 valence electrons. The molecule has 1 aromatic carbocycles. The van der Waals surface area contributed by atoms with Crippen LogP contribution in [-0.2, 0) is 22.1 Å². The molecule has 1 amide bonds. The van der Waals surface area contributed by atoms with Crippen LogP contribution in [0.1, 0.15) is 40.4 Å². The number of hydrogen-bond donors (Lipinski definition) is 1. The second-order valence-corrected chi connectivity index (χ2v) is 8.25. The molecule has 2 aromatic heterocycles.